The van der Waals surface area contributed by atoms with E-state index in [0.717, 1.165) is 19.3 Å². The van der Waals surface area contributed by atoms with Crippen molar-refractivity contribution in [2.45, 2.75) is 103 Å². The number of hydrogen-bond acceptors (Lipinski definition) is 6. The molecule has 1 unspecified atom stereocenters. The molecule has 34 heavy (non-hydrogen) atoms. The van der Waals surface area contributed by atoms with E-state index < -0.39 is 13.9 Å². The number of likely N-dealkylation sites (N-methyl/N-ethyl adjacent to an activating group) is 1. The smallest absolute Gasteiger partial charge is 0.268 e. The highest BCUT2D eigenvalue weighted by atomic mass is 31.2. The number of ether oxygens (including phenoxy) is 1. The van der Waals surface area contributed by atoms with Gasteiger partial charge in [0.2, 0.25) is 0 Å². The largest absolute Gasteiger partial charge is 0.756 e. The minimum atomic E-state index is -4.40. The van der Waals surface area contributed by atoms with Crippen LogP contribution in [0.2, 0.25) is 0 Å². The molecule has 0 spiro atoms. The van der Waals surface area contributed by atoms with Gasteiger partial charge >= 0.3 is 0 Å². The van der Waals surface area contributed by atoms with E-state index in [1.165, 1.54) is 70.6 Å². The molecule has 0 amide bonds. The van der Waals surface area contributed by atoms with E-state index >= 15 is 0 Å². The van der Waals surface area contributed by atoms with Crippen LogP contribution in [0.25, 0.3) is 0 Å². The van der Waals surface area contributed by atoms with Gasteiger partial charge in [0.25, 0.3) is 7.82 Å². The Morgan fingerprint density at radius 3 is 1.88 bits per heavy atom. The Morgan fingerprint density at radius 1 is 0.794 bits per heavy atom. The first-order chi connectivity index (χ1) is 16.2. The average molecular weight is 508 g/mol. The van der Waals surface area contributed by atoms with E-state index in [2.05, 4.69) is 19.1 Å². The maximum Gasteiger partial charge on any atom is 0.268 e. The Kier molecular flexibility index (Phi) is 21.8. The highest BCUT2D eigenvalue weighted by Gasteiger charge is 2.15. The average Bonchev–Trinajstić information content (AvgIpc) is 2.76. The molecule has 0 aliphatic heterocycles. The molecule has 0 aromatic rings. The molecule has 0 saturated heterocycles. The van der Waals surface area contributed by atoms with Gasteiger partial charge in [-0.25, -0.2) is 0 Å². The van der Waals surface area contributed by atoms with Crippen LogP contribution < -0.4 is 4.89 Å². The van der Waals surface area contributed by atoms with Crippen molar-refractivity contribution in [2.75, 3.05) is 54.1 Å². The number of phosphoric acid groups is 1. The zero-order valence-electron chi connectivity index (χ0n) is 22.5. The van der Waals surface area contributed by atoms with Crippen LogP contribution in [-0.4, -0.2) is 69.8 Å². The van der Waals surface area contributed by atoms with Gasteiger partial charge in [0.15, 0.2) is 0 Å². The van der Waals surface area contributed by atoms with Crippen LogP contribution in [0.3, 0.4) is 0 Å². The first kappa shape index (κ1) is 33.7. The third kappa shape index (κ3) is 26.3. The molecule has 0 heterocycles. The van der Waals surface area contributed by atoms with Crippen LogP contribution in [0, 0.1) is 0 Å². The minimum Gasteiger partial charge on any atom is -0.756 e. The topological polar surface area (TPSA) is 88.0 Å². The first-order valence-corrected chi connectivity index (χ1v) is 14.9. The van der Waals surface area contributed by atoms with Crippen LogP contribution in [0.4, 0.5) is 0 Å². The number of rotatable bonds is 25. The number of phosphoric ester groups is 1. The second-order valence-corrected chi connectivity index (χ2v) is 11.7. The summed E-state index contributed by atoms with van der Waals surface area (Å²) in [4.78, 5) is 11.7. The lowest BCUT2D eigenvalue weighted by Crippen LogP contribution is -2.37. The molecule has 0 radical (unpaired) electrons. The van der Waals surface area contributed by atoms with E-state index in [4.69, 9.17) is 13.8 Å². The molecule has 8 heteroatoms. The monoisotopic (exact) mass is 507 g/mol. The molecule has 2 atom stereocenters. The molecule has 0 saturated carbocycles. The van der Waals surface area contributed by atoms with E-state index in [1.807, 2.05) is 21.1 Å². The number of nitrogens with zero attached hydrogens (tertiary/aromatic N) is 1. The summed E-state index contributed by atoms with van der Waals surface area (Å²) in [6, 6.07) is 0. The van der Waals surface area contributed by atoms with E-state index in [1.54, 1.807) is 0 Å². The highest BCUT2D eigenvalue weighted by molar-refractivity contribution is 7.45. The predicted molar refractivity (Wildman–Crippen MR) is 139 cm³/mol. The fourth-order valence-electron chi connectivity index (χ4n) is 3.37. The Morgan fingerprint density at radius 2 is 1.32 bits per heavy atom. The van der Waals surface area contributed by atoms with Crippen LogP contribution in [0.1, 0.15) is 96.8 Å². The van der Waals surface area contributed by atoms with E-state index in [9.17, 15) is 14.6 Å². The summed E-state index contributed by atoms with van der Waals surface area (Å²) >= 11 is 0. The number of aliphatic hydroxyl groups excluding tert-OH is 1. The number of quaternary nitrogens is 1. The van der Waals surface area contributed by atoms with Gasteiger partial charge in [0.05, 0.1) is 34.4 Å². The number of hydrogen-bond donors (Lipinski definition) is 1. The minimum absolute atomic E-state index is 0.0430. The molecule has 0 bridgehead atoms. The predicted octanol–water partition coefficient (Wildman–Crippen LogP) is 5.61. The highest BCUT2D eigenvalue weighted by Crippen LogP contribution is 2.38. The summed E-state index contributed by atoms with van der Waals surface area (Å²) in [6.45, 7) is 3.06. The summed E-state index contributed by atoms with van der Waals surface area (Å²) in [6.07, 6.45) is 21.5. The molecule has 204 valence electrons. The lowest BCUT2D eigenvalue weighted by molar-refractivity contribution is -0.870. The standard InChI is InChI=1S/C26H54NO6P/c1-5-6-7-8-9-10-11-12-13-14-15-16-17-18-19-20-22-31-24-26(28)25-33-34(29,30)32-23-21-27(2,3)4/h17-18,26,28H,5-16,19-25H2,1-4H3/b18-17-/t26-/m1/s1. The second-order valence-electron chi connectivity index (χ2n) is 10.3. The lowest BCUT2D eigenvalue weighted by atomic mass is 10.1. The maximum atomic E-state index is 11.7. The normalized spacial score (nSPS) is 15.1. The Labute approximate surface area is 210 Å². The zero-order chi connectivity index (χ0) is 25.5. The summed E-state index contributed by atoms with van der Waals surface area (Å²) in [5.41, 5.74) is 0. The van der Waals surface area contributed by atoms with Gasteiger partial charge in [-0.15, -0.1) is 0 Å². The third-order valence-electron chi connectivity index (χ3n) is 5.55. The summed E-state index contributed by atoms with van der Waals surface area (Å²) in [5, 5.41) is 9.82. The van der Waals surface area contributed by atoms with Crippen LogP contribution in [-0.2, 0) is 18.3 Å². The summed E-state index contributed by atoms with van der Waals surface area (Å²) in [5.74, 6) is 0. The first-order valence-electron chi connectivity index (χ1n) is 13.5. The Bertz CT molecular complexity index is 524. The number of unbranched alkanes of at least 4 members (excludes halogenated alkanes) is 12. The number of allylic oxidation sites excluding steroid dienone is 2. The maximum absolute atomic E-state index is 11.7. The summed E-state index contributed by atoms with van der Waals surface area (Å²) < 4.78 is 27.2. The SMILES string of the molecule is CCCCCCCCCCCCC/C=C\CCCOC[C@@H](O)COP(=O)([O-])OCC[N+](C)(C)C. The van der Waals surface area contributed by atoms with Gasteiger partial charge in [-0.2, -0.15) is 0 Å². The van der Waals surface area contributed by atoms with Gasteiger partial charge in [-0.05, 0) is 25.7 Å². The molecule has 0 aromatic heterocycles. The van der Waals surface area contributed by atoms with E-state index in [0.29, 0.717) is 17.6 Å². The van der Waals surface area contributed by atoms with Crippen LogP contribution >= 0.6 is 7.82 Å². The van der Waals surface area contributed by atoms with Crippen LogP contribution in [0.5, 0.6) is 0 Å². The second kappa shape index (κ2) is 22.0. The molecule has 1 N–H and O–H groups in total. The molecule has 7 nitrogen and oxygen atoms in total. The summed E-state index contributed by atoms with van der Waals surface area (Å²) in [7, 11) is 1.43. The fourth-order valence-corrected chi connectivity index (χ4v) is 4.11. The van der Waals surface area contributed by atoms with Crippen molar-refractivity contribution in [3.05, 3.63) is 12.2 Å². The zero-order valence-corrected chi connectivity index (χ0v) is 23.4. The third-order valence-corrected chi connectivity index (χ3v) is 6.51. The van der Waals surface area contributed by atoms with Gasteiger partial charge in [-0.1, -0.05) is 83.3 Å². The van der Waals surface area contributed by atoms with Gasteiger partial charge in [-0.3, -0.25) is 4.57 Å². The van der Waals surface area contributed by atoms with Gasteiger partial charge in [0.1, 0.15) is 19.3 Å². The van der Waals surface area contributed by atoms with Crippen molar-refractivity contribution in [1.82, 2.24) is 0 Å². The molecule has 0 rings (SSSR count). The van der Waals surface area contributed by atoms with Crippen molar-refractivity contribution >= 4 is 7.82 Å². The Hall–Kier alpha value is -0.270. The van der Waals surface area contributed by atoms with Crippen molar-refractivity contribution in [3.8, 4) is 0 Å². The lowest BCUT2D eigenvalue weighted by Gasteiger charge is -2.27. The molecule has 0 aromatic carbocycles. The van der Waals surface area contributed by atoms with Crippen molar-refractivity contribution < 1.29 is 32.8 Å². The van der Waals surface area contributed by atoms with Crippen molar-refractivity contribution in [3.63, 3.8) is 0 Å². The van der Waals surface area contributed by atoms with Crippen molar-refractivity contribution in [2.24, 2.45) is 0 Å². The molecule has 0 fully saturated rings. The quantitative estimate of drug-likeness (QED) is 0.0748. The van der Waals surface area contributed by atoms with Crippen LogP contribution in [0.15, 0.2) is 12.2 Å². The van der Waals surface area contributed by atoms with E-state index in [-0.39, 0.29) is 19.8 Å². The Balaban J connectivity index is 3.45. The van der Waals surface area contributed by atoms with Gasteiger partial charge < -0.3 is 28.3 Å². The molecule has 0 aliphatic carbocycles. The fraction of sp³-hybridized carbons (Fsp3) is 0.923. The molecule has 0 aliphatic rings. The number of aliphatic hydroxyl groups is 1. The van der Waals surface area contributed by atoms with Crippen molar-refractivity contribution in [1.29, 1.82) is 0 Å². The molecular formula is C26H54NO6P. The van der Waals surface area contributed by atoms with Gasteiger partial charge in [0, 0.05) is 6.61 Å². The molecular weight excluding hydrogens is 453 g/mol.